The molecule has 0 unspecified atom stereocenters. The number of hydrogen-bond acceptors (Lipinski definition) is 3. The number of amides is 1. The van der Waals surface area contributed by atoms with Crippen LogP contribution < -0.4 is 5.32 Å². The number of sulfonamides is 1. The third-order valence-corrected chi connectivity index (χ3v) is 5.56. The number of hydrogen-bond donors (Lipinski definition) is 1. The molecule has 0 aromatic heterocycles. The summed E-state index contributed by atoms with van der Waals surface area (Å²) in [6.45, 7) is 4.98. The van der Waals surface area contributed by atoms with E-state index in [4.69, 9.17) is 0 Å². The molecule has 0 saturated carbocycles. The van der Waals surface area contributed by atoms with Crippen LogP contribution in [0.4, 0.5) is 5.69 Å². The largest absolute Gasteiger partial charge is 0.325 e. The minimum absolute atomic E-state index is 0.145. The van der Waals surface area contributed by atoms with Crippen LogP contribution in [0.25, 0.3) is 0 Å². The van der Waals surface area contributed by atoms with Gasteiger partial charge in [0, 0.05) is 12.2 Å². The lowest BCUT2D eigenvalue weighted by atomic mass is 10.2. The molecule has 104 valence electrons. The minimum atomic E-state index is -3.53. The Hall–Kier alpha value is -1.40. The lowest BCUT2D eigenvalue weighted by Crippen LogP contribution is -2.44. The number of anilines is 1. The summed E-state index contributed by atoms with van der Waals surface area (Å²) in [5, 5.41) is 2.73. The minimum Gasteiger partial charge on any atom is -0.325 e. The molecule has 0 fully saturated rings. The summed E-state index contributed by atoms with van der Waals surface area (Å²) in [5.74, 6) is -0.308. The molecule has 1 aromatic carbocycles. The maximum atomic E-state index is 12.5. The number of fused-ring (bicyclic) bond motifs is 1. The van der Waals surface area contributed by atoms with Gasteiger partial charge in [-0.15, -0.1) is 0 Å². The normalized spacial score (nSPS) is 17.5. The summed E-state index contributed by atoms with van der Waals surface area (Å²) in [4.78, 5) is 11.8. The fraction of sp³-hybridized carbons (Fsp3) is 0.462. The van der Waals surface area contributed by atoms with Crippen molar-refractivity contribution in [1.82, 2.24) is 4.31 Å². The molecule has 0 spiro atoms. The Morgan fingerprint density at radius 1 is 1.16 bits per heavy atom. The maximum absolute atomic E-state index is 12.5. The van der Waals surface area contributed by atoms with E-state index < -0.39 is 14.8 Å². The van der Waals surface area contributed by atoms with Crippen LogP contribution in [0.2, 0.25) is 0 Å². The van der Waals surface area contributed by atoms with Crippen molar-refractivity contribution in [2.45, 2.75) is 32.1 Å². The highest BCUT2D eigenvalue weighted by Crippen LogP contribution is 2.26. The van der Waals surface area contributed by atoms with Crippen molar-refractivity contribution in [1.29, 1.82) is 0 Å². The van der Waals surface area contributed by atoms with Gasteiger partial charge >= 0.3 is 0 Å². The van der Waals surface area contributed by atoms with Gasteiger partial charge in [-0.05, 0) is 32.4 Å². The smallest absolute Gasteiger partial charge is 0.239 e. The van der Waals surface area contributed by atoms with Crippen LogP contribution >= 0.6 is 0 Å². The molecular weight excluding hydrogens is 264 g/mol. The fourth-order valence-corrected chi connectivity index (χ4v) is 3.30. The van der Waals surface area contributed by atoms with Gasteiger partial charge in [-0.2, -0.15) is 4.31 Å². The zero-order valence-corrected chi connectivity index (χ0v) is 12.1. The van der Waals surface area contributed by atoms with Gasteiger partial charge in [0.25, 0.3) is 0 Å². The topological polar surface area (TPSA) is 66.5 Å². The first-order chi connectivity index (χ1) is 8.72. The van der Waals surface area contributed by atoms with Crippen LogP contribution in [0, 0.1) is 0 Å². The molecule has 6 heteroatoms. The third-order valence-electron chi connectivity index (χ3n) is 3.07. The van der Waals surface area contributed by atoms with E-state index in [1.165, 1.54) is 4.31 Å². The lowest BCUT2D eigenvalue weighted by Gasteiger charge is -2.28. The molecule has 1 heterocycles. The molecule has 2 rings (SSSR count). The van der Waals surface area contributed by atoms with Crippen molar-refractivity contribution >= 4 is 21.6 Å². The Kier molecular flexibility index (Phi) is 3.40. The lowest BCUT2D eigenvalue weighted by molar-refractivity contribution is -0.116. The summed E-state index contributed by atoms with van der Waals surface area (Å²) < 4.78 is 25.2. The molecule has 0 bridgehead atoms. The van der Waals surface area contributed by atoms with E-state index in [0.29, 0.717) is 5.69 Å². The van der Waals surface area contributed by atoms with Gasteiger partial charge in [0.1, 0.15) is 0 Å². The average Bonchev–Trinajstić information content (AvgIpc) is 2.45. The van der Waals surface area contributed by atoms with Crippen LogP contribution in [0.5, 0.6) is 0 Å². The predicted molar refractivity (Wildman–Crippen MR) is 74.2 cm³/mol. The SMILES string of the molecule is CC(C)(C)S(=O)(=O)N1CC(=O)Nc2ccccc2C1. The Balaban J connectivity index is 2.43. The molecule has 1 aliphatic rings. The highest BCUT2D eigenvalue weighted by atomic mass is 32.2. The Morgan fingerprint density at radius 3 is 2.42 bits per heavy atom. The Bertz CT molecular complexity index is 603. The molecule has 19 heavy (non-hydrogen) atoms. The van der Waals surface area contributed by atoms with Crippen LogP contribution in [0.3, 0.4) is 0 Å². The fourth-order valence-electron chi connectivity index (χ4n) is 1.93. The first kappa shape index (κ1) is 14.0. The van der Waals surface area contributed by atoms with Gasteiger partial charge in [-0.3, -0.25) is 4.79 Å². The van der Waals surface area contributed by atoms with E-state index in [-0.39, 0.29) is 19.0 Å². The molecule has 0 aliphatic carbocycles. The predicted octanol–water partition coefficient (Wildman–Crippen LogP) is 1.57. The molecule has 0 saturated heterocycles. The van der Waals surface area contributed by atoms with E-state index in [0.717, 1.165) is 5.56 Å². The van der Waals surface area contributed by atoms with Crippen molar-refractivity contribution in [3.05, 3.63) is 29.8 Å². The summed E-state index contributed by atoms with van der Waals surface area (Å²) in [5.41, 5.74) is 1.49. The number of para-hydroxylation sites is 1. The summed E-state index contributed by atoms with van der Waals surface area (Å²) in [6.07, 6.45) is 0. The Morgan fingerprint density at radius 2 is 1.79 bits per heavy atom. The summed E-state index contributed by atoms with van der Waals surface area (Å²) in [6, 6.07) is 7.25. The molecule has 1 aromatic rings. The third kappa shape index (κ3) is 2.64. The number of nitrogens with one attached hydrogen (secondary N) is 1. The number of benzene rings is 1. The first-order valence-corrected chi connectivity index (χ1v) is 7.53. The van der Waals surface area contributed by atoms with Gasteiger partial charge in [0.15, 0.2) is 0 Å². The average molecular weight is 282 g/mol. The monoisotopic (exact) mass is 282 g/mol. The van der Waals surface area contributed by atoms with Gasteiger partial charge < -0.3 is 5.32 Å². The van der Waals surface area contributed by atoms with E-state index in [1.54, 1.807) is 26.8 Å². The maximum Gasteiger partial charge on any atom is 0.239 e. The zero-order chi connectivity index (χ0) is 14.3. The van der Waals surface area contributed by atoms with Crippen molar-refractivity contribution in [2.24, 2.45) is 0 Å². The Labute approximate surface area is 113 Å². The molecule has 1 N–H and O–H groups in total. The second kappa shape index (κ2) is 4.61. The molecule has 1 aliphatic heterocycles. The first-order valence-electron chi connectivity index (χ1n) is 6.09. The molecule has 5 nitrogen and oxygen atoms in total. The summed E-state index contributed by atoms with van der Waals surface area (Å²) in [7, 11) is -3.53. The zero-order valence-electron chi connectivity index (χ0n) is 11.3. The van der Waals surface area contributed by atoms with Gasteiger partial charge in [0.2, 0.25) is 15.9 Å². The van der Waals surface area contributed by atoms with E-state index in [9.17, 15) is 13.2 Å². The quantitative estimate of drug-likeness (QED) is 0.850. The van der Waals surface area contributed by atoms with Crippen molar-refractivity contribution in [3.8, 4) is 0 Å². The number of carbonyl (C=O) groups excluding carboxylic acids is 1. The number of carbonyl (C=O) groups is 1. The van der Waals surface area contributed by atoms with Crippen LogP contribution in [-0.2, 0) is 21.4 Å². The standard InChI is InChI=1S/C13H18N2O3S/c1-13(2,3)19(17,18)15-8-10-6-4-5-7-11(10)14-12(16)9-15/h4-7H,8-9H2,1-3H3,(H,14,16). The van der Waals surface area contributed by atoms with E-state index in [1.807, 2.05) is 18.2 Å². The second-order valence-corrected chi connectivity index (χ2v) is 8.28. The molecular formula is C13H18N2O3S. The number of rotatable bonds is 1. The summed E-state index contributed by atoms with van der Waals surface area (Å²) >= 11 is 0. The van der Waals surface area contributed by atoms with Gasteiger partial charge in [-0.1, -0.05) is 18.2 Å². The number of nitrogens with zero attached hydrogens (tertiary/aromatic N) is 1. The van der Waals surface area contributed by atoms with Crippen LogP contribution in [-0.4, -0.2) is 29.9 Å². The molecule has 0 atom stereocenters. The van der Waals surface area contributed by atoms with Crippen molar-refractivity contribution in [2.75, 3.05) is 11.9 Å². The van der Waals surface area contributed by atoms with Crippen LogP contribution in [0.1, 0.15) is 26.3 Å². The van der Waals surface area contributed by atoms with Crippen LogP contribution in [0.15, 0.2) is 24.3 Å². The highest BCUT2D eigenvalue weighted by Gasteiger charge is 2.37. The van der Waals surface area contributed by atoms with Gasteiger partial charge in [-0.25, -0.2) is 8.42 Å². The molecule has 0 radical (unpaired) electrons. The van der Waals surface area contributed by atoms with E-state index >= 15 is 0 Å². The molecule has 1 amide bonds. The van der Waals surface area contributed by atoms with Crippen molar-refractivity contribution in [3.63, 3.8) is 0 Å². The van der Waals surface area contributed by atoms with Crippen molar-refractivity contribution < 1.29 is 13.2 Å². The highest BCUT2D eigenvalue weighted by molar-refractivity contribution is 7.90. The van der Waals surface area contributed by atoms with Gasteiger partial charge in [0.05, 0.1) is 11.3 Å². The second-order valence-electron chi connectivity index (χ2n) is 5.59. The van der Waals surface area contributed by atoms with E-state index in [2.05, 4.69) is 5.32 Å².